The van der Waals surface area contributed by atoms with E-state index in [0.717, 1.165) is 36.5 Å². The normalized spacial score (nSPS) is 16.9. The van der Waals surface area contributed by atoms with Crippen molar-refractivity contribution in [1.29, 1.82) is 0 Å². The summed E-state index contributed by atoms with van der Waals surface area (Å²) < 4.78 is 5.48. The first kappa shape index (κ1) is 17.9. The first-order valence-electron chi connectivity index (χ1n) is 9.18. The topological polar surface area (TPSA) is 71.3 Å². The molecule has 2 aromatic heterocycles. The van der Waals surface area contributed by atoms with Gasteiger partial charge in [-0.2, -0.15) is 4.98 Å². The Bertz CT molecular complexity index is 871. The Hall–Kier alpha value is -2.51. The van der Waals surface area contributed by atoms with Crippen molar-refractivity contribution in [1.82, 2.24) is 15.0 Å². The van der Waals surface area contributed by atoms with Gasteiger partial charge in [0.2, 0.25) is 17.6 Å². The second-order valence-electron chi connectivity index (χ2n) is 6.78. The van der Waals surface area contributed by atoms with E-state index >= 15 is 0 Å². The number of aromatic nitrogens is 2. The fourth-order valence-corrected chi connectivity index (χ4v) is 4.03. The summed E-state index contributed by atoms with van der Waals surface area (Å²) in [6.07, 6.45) is 1.66. The van der Waals surface area contributed by atoms with Crippen LogP contribution in [0, 0.1) is 5.92 Å². The van der Waals surface area contributed by atoms with Gasteiger partial charge in [-0.1, -0.05) is 29.4 Å². The predicted molar refractivity (Wildman–Crippen MR) is 105 cm³/mol. The van der Waals surface area contributed by atoms with Gasteiger partial charge >= 0.3 is 0 Å². The number of carbonyl (C=O) groups excluding carboxylic acids is 1. The number of benzene rings is 1. The van der Waals surface area contributed by atoms with Crippen molar-refractivity contribution in [3.8, 4) is 10.7 Å². The number of nitrogens with zero attached hydrogens (tertiary/aromatic N) is 3. The molecule has 27 heavy (non-hydrogen) atoms. The maximum Gasteiger partial charge on any atom is 0.244 e. The van der Waals surface area contributed by atoms with E-state index in [1.165, 1.54) is 0 Å². The molecule has 1 fully saturated rings. The lowest BCUT2D eigenvalue weighted by Crippen LogP contribution is -2.39. The average Bonchev–Trinajstić information content (AvgIpc) is 3.40. The second kappa shape index (κ2) is 8.02. The van der Waals surface area contributed by atoms with Crippen LogP contribution in [-0.4, -0.2) is 34.0 Å². The molecule has 1 atom stereocenters. The van der Waals surface area contributed by atoms with Crippen LogP contribution in [0.2, 0.25) is 0 Å². The molecule has 1 aliphatic heterocycles. The van der Waals surface area contributed by atoms with E-state index in [-0.39, 0.29) is 17.9 Å². The molecular weight excluding hydrogens is 360 g/mol. The molecule has 1 amide bonds. The first-order valence-corrected chi connectivity index (χ1v) is 10.1. The molecule has 0 saturated carbocycles. The van der Waals surface area contributed by atoms with Crippen LogP contribution in [0.1, 0.15) is 31.7 Å². The Morgan fingerprint density at radius 1 is 1.22 bits per heavy atom. The summed E-state index contributed by atoms with van der Waals surface area (Å²) >= 11 is 1.60. The Morgan fingerprint density at radius 2 is 2.00 bits per heavy atom. The SMILES string of the molecule is CC(c1nc(-c2cccs2)no1)N1CCC(C(=O)Nc2ccccc2)CC1. The maximum atomic E-state index is 12.5. The molecule has 3 heterocycles. The number of para-hydroxylation sites is 1. The molecule has 6 nitrogen and oxygen atoms in total. The summed E-state index contributed by atoms with van der Waals surface area (Å²) in [5, 5.41) is 9.11. The fraction of sp³-hybridized carbons (Fsp3) is 0.350. The van der Waals surface area contributed by atoms with Crippen molar-refractivity contribution in [2.45, 2.75) is 25.8 Å². The van der Waals surface area contributed by atoms with Gasteiger partial charge < -0.3 is 9.84 Å². The highest BCUT2D eigenvalue weighted by Gasteiger charge is 2.30. The van der Waals surface area contributed by atoms with Gasteiger partial charge in [-0.15, -0.1) is 11.3 Å². The van der Waals surface area contributed by atoms with Crippen molar-refractivity contribution in [3.63, 3.8) is 0 Å². The number of hydrogen-bond acceptors (Lipinski definition) is 6. The summed E-state index contributed by atoms with van der Waals surface area (Å²) in [4.78, 5) is 20.3. The lowest BCUT2D eigenvalue weighted by molar-refractivity contribution is -0.121. The molecule has 1 unspecified atom stereocenters. The standard InChI is InChI=1S/C20H22N4O2S/c1-14(20-22-18(23-26-20)17-8-5-13-27-17)24-11-9-15(10-12-24)19(25)21-16-6-3-2-4-7-16/h2-8,13-15H,9-12H2,1H3,(H,21,25). The van der Waals surface area contributed by atoms with E-state index in [0.29, 0.717) is 11.7 Å². The zero-order valence-electron chi connectivity index (χ0n) is 15.2. The van der Waals surface area contributed by atoms with Crippen molar-refractivity contribution in [3.05, 3.63) is 53.7 Å². The van der Waals surface area contributed by atoms with E-state index < -0.39 is 0 Å². The minimum Gasteiger partial charge on any atom is -0.337 e. The maximum absolute atomic E-state index is 12.5. The minimum absolute atomic E-state index is 0.0398. The van der Waals surface area contributed by atoms with Crippen LogP contribution in [0.4, 0.5) is 5.69 Å². The predicted octanol–water partition coefficient (Wildman–Crippen LogP) is 4.21. The molecule has 0 spiro atoms. The molecule has 0 bridgehead atoms. The largest absolute Gasteiger partial charge is 0.337 e. The lowest BCUT2D eigenvalue weighted by atomic mass is 9.95. The van der Waals surface area contributed by atoms with Gasteiger partial charge in [0, 0.05) is 11.6 Å². The van der Waals surface area contributed by atoms with E-state index in [4.69, 9.17) is 4.52 Å². The Morgan fingerprint density at radius 3 is 2.70 bits per heavy atom. The van der Waals surface area contributed by atoms with Crippen molar-refractivity contribution >= 4 is 22.9 Å². The molecule has 1 saturated heterocycles. The van der Waals surface area contributed by atoms with Gasteiger partial charge in [-0.05, 0) is 56.4 Å². The summed E-state index contributed by atoms with van der Waals surface area (Å²) in [6.45, 7) is 3.76. The molecule has 4 rings (SSSR count). The number of carbonyl (C=O) groups is 1. The number of thiophene rings is 1. The quantitative estimate of drug-likeness (QED) is 0.716. The molecule has 0 aliphatic carbocycles. The Labute approximate surface area is 162 Å². The van der Waals surface area contributed by atoms with Gasteiger partial charge in [0.25, 0.3) is 0 Å². The average molecular weight is 382 g/mol. The van der Waals surface area contributed by atoms with E-state index in [9.17, 15) is 4.79 Å². The molecule has 140 valence electrons. The van der Waals surface area contributed by atoms with Gasteiger partial charge in [0.1, 0.15) is 0 Å². The van der Waals surface area contributed by atoms with Crippen LogP contribution in [0.3, 0.4) is 0 Å². The highest BCUT2D eigenvalue weighted by atomic mass is 32.1. The summed E-state index contributed by atoms with van der Waals surface area (Å²) in [6, 6.07) is 13.6. The highest BCUT2D eigenvalue weighted by molar-refractivity contribution is 7.13. The number of rotatable bonds is 5. The van der Waals surface area contributed by atoms with Crippen molar-refractivity contribution in [2.24, 2.45) is 5.92 Å². The number of amides is 1. The van der Waals surface area contributed by atoms with Crippen molar-refractivity contribution < 1.29 is 9.32 Å². The Balaban J connectivity index is 1.33. The lowest BCUT2D eigenvalue weighted by Gasteiger charge is -2.33. The van der Waals surface area contributed by atoms with Crippen LogP contribution < -0.4 is 5.32 Å². The molecule has 0 radical (unpaired) electrons. The third-order valence-electron chi connectivity index (χ3n) is 5.03. The molecule has 1 aromatic carbocycles. The van der Waals surface area contributed by atoms with Gasteiger partial charge in [0.05, 0.1) is 10.9 Å². The third-order valence-corrected chi connectivity index (χ3v) is 5.90. The monoisotopic (exact) mass is 382 g/mol. The smallest absolute Gasteiger partial charge is 0.244 e. The van der Waals surface area contributed by atoms with E-state index in [2.05, 4.69) is 27.3 Å². The summed E-state index contributed by atoms with van der Waals surface area (Å²) in [7, 11) is 0. The second-order valence-corrected chi connectivity index (χ2v) is 7.72. The van der Waals surface area contributed by atoms with Gasteiger partial charge in [0.15, 0.2) is 0 Å². The summed E-state index contributed by atoms with van der Waals surface area (Å²) in [5.41, 5.74) is 0.852. The number of likely N-dealkylation sites (tertiary alicyclic amines) is 1. The van der Waals surface area contributed by atoms with E-state index in [1.807, 2.05) is 47.8 Å². The minimum atomic E-state index is 0.0398. The number of nitrogens with one attached hydrogen (secondary N) is 1. The molecule has 7 heteroatoms. The first-order chi connectivity index (χ1) is 13.2. The van der Waals surface area contributed by atoms with Gasteiger partial charge in [-0.3, -0.25) is 9.69 Å². The third kappa shape index (κ3) is 4.09. The van der Waals surface area contributed by atoms with Crippen LogP contribution in [0.25, 0.3) is 10.7 Å². The number of anilines is 1. The highest BCUT2D eigenvalue weighted by Crippen LogP contribution is 2.28. The van der Waals surface area contributed by atoms with Gasteiger partial charge in [-0.25, -0.2) is 0 Å². The van der Waals surface area contributed by atoms with Crippen molar-refractivity contribution in [2.75, 3.05) is 18.4 Å². The molecular formula is C20H22N4O2S. The number of hydrogen-bond donors (Lipinski definition) is 1. The van der Waals surface area contributed by atoms with Crippen LogP contribution in [-0.2, 0) is 4.79 Å². The molecule has 3 aromatic rings. The zero-order valence-corrected chi connectivity index (χ0v) is 16.0. The van der Waals surface area contributed by atoms with E-state index in [1.54, 1.807) is 11.3 Å². The van der Waals surface area contributed by atoms with Crippen LogP contribution in [0.15, 0.2) is 52.4 Å². The zero-order chi connectivity index (χ0) is 18.6. The molecule has 1 aliphatic rings. The Kier molecular flexibility index (Phi) is 5.31. The number of piperidine rings is 1. The fourth-order valence-electron chi connectivity index (χ4n) is 3.38. The summed E-state index contributed by atoms with van der Waals surface area (Å²) in [5.74, 6) is 1.42. The van der Waals surface area contributed by atoms with Crippen LogP contribution in [0.5, 0.6) is 0 Å². The molecule has 1 N–H and O–H groups in total. The van der Waals surface area contributed by atoms with Crippen LogP contribution >= 0.6 is 11.3 Å².